The topological polar surface area (TPSA) is 45.8 Å². The minimum Gasteiger partial charge on any atom is -0.342 e. The van der Waals surface area contributed by atoms with Crippen LogP contribution in [0.25, 0.3) is 0 Å². The van der Waals surface area contributed by atoms with Gasteiger partial charge >= 0.3 is 0 Å². The highest BCUT2D eigenvalue weighted by molar-refractivity contribution is 6.00. The Bertz CT molecular complexity index is 508. The Morgan fingerprint density at radius 3 is 2.82 bits per heavy atom. The minimum atomic E-state index is -0.159. The van der Waals surface area contributed by atoms with Crippen molar-refractivity contribution in [2.75, 3.05) is 0 Å². The van der Waals surface area contributed by atoms with Crippen molar-refractivity contribution in [2.24, 2.45) is 17.3 Å². The molecule has 3 rings (SSSR count). The molecular weight excluding hydrogens is 272 g/mol. The van der Waals surface area contributed by atoms with Crippen molar-refractivity contribution in [2.45, 2.75) is 64.7 Å². The molecule has 0 radical (unpaired) electrons. The Balaban J connectivity index is 1.49. The molecule has 2 aliphatic rings. The Morgan fingerprint density at radius 1 is 1.41 bits per heavy atom. The summed E-state index contributed by atoms with van der Waals surface area (Å²) in [6.07, 6.45) is 19.5. The molecule has 0 aromatic carbocycles. The molecule has 3 nitrogen and oxygen atoms in total. The highest BCUT2D eigenvalue weighted by atomic mass is 16.1. The quantitative estimate of drug-likeness (QED) is 0.573. The van der Waals surface area contributed by atoms with Crippen molar-refractivity contribution in [3.63, 3.8) is 0 Å². The fourth-order valence-electron chi connectivity index (χ4n) is 3.96. The summed E-state index contributed by atoms with van der Waals surface area (Å²) in [5.41, 5.74) is 0.508. The molecule has 1 aromatic rings. The molecule has 2 aliphatic carbocycles. The zero-order chi connectivity index (χ0) is 15.4. The van der Waals surface area contributed by atoms with E-state index in [0.717, 1.165) is 18.8 Å². The SMILES string of the molecule is C[C@H](C=CCCC1CCCCC1)C1(C(=O)c2cnc[nH]2)CC1. The number of hydrogen-bond donors (Lipinski definition) is 1. The monoisotopic (exact) mass is 300 g/mol. The van der Waals surface area contributed by atoms with E-state index < -0.39 is 0 Å². The van der Waals surface area contributed by atoms with E-state index in [9.17, 15) is 4.79 Å². The van der Waals surface area contributed by atoms with Crippen LogP contribution in [0.15, 0.2) is 24.7 Å². The Labute approximate surface area is 133 Å². The first-order valence-electron chi connectivity index (χ1n) is 8.92. The largest absolute Gasteiger partial charge is 0.342 e. The van der Waals surface area contributed by atoms with Crippen molar-refractivity contribution >= 4 is 5.78 Å². The average Bonchev–Trinajstić information content (AvgIpc) is 3.19. The molecular formula is C19H28N2O. The molecule has 0 bridgehead atoms. The number of Topliss-reactive ketones (excluding diaryl/α,β-unsaturated/α-hetero) is 1. The van der Waals surface area contributed by atoms with Crippen LogP contribution in [0.5, 0.6) is 0 Å². The van der Waals surface area contributed by atoms with Crippen LogP contribution in [0, 0.1) is 17.3 Å². The Morgan fingerprint density at radius 2 is 2.18 bits per heavy atom. The number of ketones is 1. The van der Waals surface area contributed by atoms with E-state index in [1.807, 2.05) is 0 Å². The summed E-state index contributed by atoms with van der Waals surface area (Å²) in [7, 11) is 0. The third-order valence-corrected chi connectivity index (χ3v) is 5.75. The van der Waals surface area contributed by atoms with Crippen LogP contribution < -0.4 is 0 Å². The van der Waals surface area contributed by atoms with E-state index in [1.54, 1.807) is 12.5 Å². The summed E-state index contributed by atoms with van der Waals surface area (Å²) in [4.78, 5) is 19.5. The van der Waals surface area contributed by atoms with E-state index in [4.69, 9.17) is 0 Å². The van der Waals surface area contributed by atoms with Crippen LogP contribution in [-0.2, 0) is 0 Å². The van der Waals surface area contributed by atoms with Gasteiger partial charge in [-0.25, -0.2) is 4.98 Å². The molecule has 0 aliphatic heterocycles. The Hall–Kier alpha value is -1.38. The van der Waals surface area contributed by atoms with Crippen molar-refractivity contribution in [3.05, 3.63) is 30.4 Å². The molecule has 22 heavy (non-hydrogen) atoms. The van der Waals surface area contributed by atoms with Gasteiger partial charge in [-0.3, -0.25) is 4.79 Å². The van der Waals surface area contributed by atoms with Crippen molar-refractivity contribution in [1.29, 1.82) is 0 Å². The normalized spacial score (nSPS) is 22.8. The van der Waals surface area contributed by atoms with E-state index in [0.29, 0.717) is 11.6 Å². The van der Waals surface area contributed by atoms with E-state index >= 15 is 0 Å². The van der Waals surface area contributed by atoms with Crippen molar-refractivity contribution < 1.29 is 4.79 Å². The lowest BCUT2D eigenvalue weighted by molar-refractivity contribution is 0.0865. The summed E-state index contributed by atoms with van der Waals surface area (Å²) >= 11 is 0. The zero-order valence-electron chi connectivity index (χ0n) is 13.7. The highest BCUT2D eigenvalue weighted by Gasteiger charge is 2.53. The second kappa shape index (κ2) is 6.80. The molecule has 1 atom stereocenters. The van der Waals surface area contributed by atoms with Gasteiger partial charge in [0, 0.05) is 5.41 Å². The number of aromatic nitrogens is 2. The maximum atomic E-state index is 12.6. The van der Waals surface area contributed by atoms with Crippen LogP contribution in [0.2, 0.25) is 0 Å². The number of imidazole rings is 1. The van der Waals surface area contributed by atoms with Gasteiger partial charge in [0.25, 0.3) is 0 Å². The van der Waals surface area contributed by atoms with Crippen molar-refractivity contribution in [3.8, 4) is 0 Å². The summed E-state index contributed by atoms with van der Waals surface area (Å²) < 4.78 is 0. The lowest BCUT2D eigenvalue weighted by Crippen LogP contribution is -2.23. The minimum absolute atomic E-state index is 0.159. The number of carbonyl (C=O) groups is 1. The second-order valence-corrected chi connectivity index (χ2v) is 7.25. The molecule has 0 spiro atoms. The number of allylic oxidation sites excluding steroid dienone is 2. The van der Waals surface area contributed by atoms with E-state index in [-0.39, 0.29) is 11.2 Å². The summed E-state index contributed by atoms with van der Waals surface area (Å²) in [5.74, 6) is 1.51. The molecule has 1 heterocycles. The van der Waals surface area contributed by atoms with E-state index in [2.05, 4.69) is 29.0 Å². The first-order chi connectivity index (χ1) is 10.7. The number of aromatic amines is 1. The van der Waals surface area contributed by atoms with Crippen LogP contribution >= 0.6 is 0 Å². The number of carbonyl (C=O) groups excluding carboxylic acids is 1. The number of rotatable bonds is 7. The maximum absolute atomic E-state index is 12.6. The van der Waals surface area contributed by atoms with Gasteiger partial charge in [-0.05, 0) is 37.5 Å². The first-order valence-corrected chi connectivity index (χ1v) is 8.92. The number of nitrogens with zero attached hydrogens (tertiary/aromatic N) is 1. The van der Waals surface area contributed by atoms with Gasteiger partial charge in [0.15, 0.2) is 5.78 Å². The van der Waals surface area contributed by atoms with E-state index in [1.165, 1.54) is 44.9 Å². The zero-order valence-corrected chi connectivity index (χ0v) is 13.7. The summed E-state index contributed by atoms with van der Waals surface area (Å²) in [5, 5.41) is 0. The Kier molecular flexibility index (Phi) is 4.80. The molecule has 0 saturated heterocycles. The van der Waals surface area contributed by atoms with Gasteiger partial charge < -0.3 is 4.98 Å². The molecule has 1 aromatic heterocycles. The average molecular weight is 300 g/mol. The summed E-state index contributed by atoms with van der Waals surface area (Å²) in [6.45, 7) is 2.19. The van der Waals surface area contributed by atoms with Gasteiger partial charge in [0.1, 0.15) is 5.69 Å². The predicted molar refractivity (Wildman–Crippen MR) is 88.7 cm³/mol. The van der Waals surface area contributed by atoms with Gasteiger partial charge in [0.05, 0.1) is 12.5 Å². The predicted octanol–water partition coefficient (Wildman–Crippen LogP) is 4.93. The summed E-state index contributed by atoms with van der Waals surface area (Å²) in [6, 6.07) is 0. The van der Waals surface area contributed by atoms with Crippen LogP contribution in [0.3, 0.4) is 0 Å². The van der Waals surface area contributed by atoms with Gasteiger partial charge in [-0.15, -0.1) is 0 Å². The molecule has 2 fully saturated rings. The maximum Gasteiger partial charge on any atom is 0.187 e. The molecule has 3 heteroatoms. The lowest BCUT2D eigenvalue weighted by atomic mass is 9.84. The van der Waals surface area contributed by atoms with Crippen LogP contribution in [0.4, 0.5) is 0 Å². The molecule has 0 unspecified atom stereocenters. The van der Waals surface area contributed by atoms with Gasteiger partial charge in [-0.2, -0.15) is 0 Å². The smallest absolute Gasteiger partial charge is 0.187 e. The van der Waals surface area contributed by atoms with Crippen LogP contribution in [-0.4, -0.2) is 15.8 Å². The fraction of sp³-hybridized carbons (Fsp3) is 0.684. The molecule has 2 saturated carbocycles. The lowest BCUT2D eigenvalue weighted by Gasteiger charge is -2.21. The third kappa shape index (κ3) is 3.34. The number of H-pyrrole nitrogens is 1. The standard InChI is InChI=1S/C19H28N2O/c1-15(7-5-6-10-16-8-3-2-4-9-16)19(11-12-19)18(22)17-13-20-14-21-17/h5,7,13-16H,2-4,6,8-12H2,1H3,(H,20,21)/t15-/m1/s1. The first kappa shape index (κ1) is 15.5. The highest BCUT2D eigenvalue weighted by Crippen LogP contribution is 2.54. The number of hydrogen-bond acceptors (Lipinski definition) is 2. The molecule has 0 amide bonds. The fourth-order valence-corrected chi connectivity index (χ4v) is 3.96. The number of nitrogens with one attached hydrogen (secondary N) is 1. The second-order valence-electron chi connectivity index (χ2n) is 7.25. The van der Waals surface area contributed by atoms with Crippen molar-refractivity contribution in [1.82, 2.24) is 9.97 Å². The molecule has 1 N–H and O–H groups in total. The van der Waals surface area contributed by atoms with Gasteiger partial charge in [-0.1, -0.05) is 51.2 Å². The third-order valence-electron chi connectivity index (χ3n) is 5.75. The van der Waals surface area contributed by atoms with Gasteiger partial charge in [0.2, 0.25) is 0 Å². The molecule has 120 valence electrons. The van der Waals surface area contributed by atoms with Crippen LogP contribution in [0.1, 0.15) is 75.2 Å².